The number of rotatable bonds is 3. The van der Waals surface area contributed by atoms with E-state index in [2.05, 4.69) is 0 Å². The summed E-state index contributed by atoms with van der Waals surface area (Å²) in [5.41, 5.74) is 1.01. The van der Waals surface area contributed by atoms with Gasteiger partial charge in [0.25, 0.3) is 0 Å². The smallest absolute Gasteiger partial charge is 0.108 e. The Balaban J connectivity index is 2.80. The van der Waals surface area contributed by atoms with E-state index in [1.54, 1.807) is 14.0 Å². The van der Waals surface area contributed by atoms with Gasteiger partial charge in [0.1, 0.15) is 6.10 Å². The third-order valence-electron chi connectivity index (χ3n) is 1.82. The third kappa shape index (κ3) is 2.06. The van der Waals surface area contributed by atoms with Crippen LogP contribution < -0.4 is 0 Å². The summed E-state index contributed by atoms with van der Waals surface area (Å²) in [6.45, 7) is 1.72. The fourth-order valence-electron chi connectivity index (χ4n) is 1.25. The van der Waals surface area contributed by atoms with Gasteiger partial charge in [0.2, 0.25) is 0 Å². The Bertz CT molecular complexity index is 219. The van der Waals surface area contributed by atoms with E-state index in [0.29, 0.717) is 0 Å². The normalized spacial score (nSPS) is 15.6. The molecule has 0 radical (unpaired) electrons. The second-order valence-electron chi connectivity index (χ2n) is 2.81. The number of hydrogen-bond acceptors (Lipinski definition) is 2. The van der Waals surface area contributed by atoms with E-state index in [4.69, 9.17) is 4.74 Å². The van der Waals surface area contributed by atoms with Gasteiger partial charge in [-0.2, -0.15) is 0 Å². The number of benzene rings is 1. The molecule has 0 aliphatic carbocycles. The molecule has 1 rings (SSSR count). The van der Waals surface area contributed by atoms with Crippen LogP contribution in [0.4, 0.5) is 0 Å². The molecule has 0 aliphatic rings. The van der Waals surface area contributed by atoms with Gasteiger partial charge in [0.05, 0.1) is 6.10 Å². The topological polar surface area (TPSA) is 29.5 Å². The average molecular weight is 166 g/mol. The largest absolute Gasteiger partial charge is 0.390 e. The summed E-state index contributed by atoms with van der Waals surface area (Å²) in [5.74, 6) is 0. The number of methoxy groups -OCH3 is 1. The highest BCUT2D eigenvalue weighted by molar-refractivity contribution is 5.18. The zero-order valence-corrected chi connectivity index (χ0v) is 7.40. The molecular formula is C10H14O2. The van der Waals surface area contributed by atoms with Crippen LogP contribution >= 0.6 is 0 Å². The van der Waals surface area contributed by atoms with E-state index < -0.39 is 6.10 Å². The van der Waals surface area contributed by atoms with Crippen LogP contribution in [0.5, 0.6) is 0 Å². The van der Waals surface area contributed by atoms with Crippen molar-refractivity contribution in [2.24, 2.45) is 0 Å². The molecule has 12 heavy (non-hydrogen) atoms. The van der Waals surface area contributed by atoms with Gasteiger partial charge in [-0.25, -0.2) is 0 Å². The minimum Gasteiger partial charge on any atom is -0.390 e. The van der Waals surface area contributed by atoms with E-state index in [1.807, 2.05) is 30.3 Å². The molecule has 0 bridgehead atoms. The van der Waals surface area contributed by atoms with Gasteiger partial charge in [0.15, 0.2) is 0 Å². The van der Waals surface area contributed by atoms with Crippen LogP contribution in [0, 0.1) is 0 Å². The Morgan fingerprint density at radius 1 is 1.25 bits per heavy atom. The van der Waals surface area contributed by atoms with Crippen LogP contribution in [-0.4, -0.2) is 18.3 Å². The number of ether oxygens (including phenoxy) is 1. The van der Waals surface area contributed by atoms with Crippen molar-refractivity contribution < 1.29 is 9.84 Å². The monoisotopic (exact) mass is 166 g/mol. The van der Waals surface area contributed by atoms with E-state index >= 15 is 0 Å². The van der Waals surface area contributed by atoms with Gasteiger partial charge in [-0.15, -0.1) is 0 Å². The van der Waals surface area contributed by atoms with Gasteiger partial charge < -0.3 is 9.84 Å². The first-order chi connectivity index (χ1) is 5.75. The standard InChI is InChI=1S/C10H14O2/c1-8(11)10(12-2)9-6-4-3-5-7-9/h3-8,10-11H,1-2H3/t8?,10-/m1/s1. The predicted octanol–water partition coefficient (Wildman–Crippen LogP) is 1.75. The lowest BCUT2D eigenvalue weighted by atomic mass is 10.1. The minimum absolute atomic E-state index is 0.216. The zero-order chi connectivity index (χ0) is 8.97. The highest BCUT2D eigenvalue weighted by Gasteiger charge is 2.15. The highest BCUT2D eigenvalue weighted by atomic mass is 16.5. The lowest BCUT2D eigenvalue weighted by Crippen LogP contribution is -2.16. The van der Waals surface area contributed by atoms with Crippen molar-refractivity contribution in [3.8, 4) is 0 Å². The third-order valence-corrected chi connectivity index (χ3v) is 1.82. The number of aliphatic hydroxyl groups excluding tert-OH is 1. The summed E-state index contributed by atoms with van der Waals surface area (Å²) in [6.07, 6.45) is -0.691. The van der Waals surface area contributed by atoms with Crippen molar-refractivity contribution in [1.82, 2.24) is 0 Å². The van der Waals surface area contributed by atoms with Crippen LogP contribution in [0.3, 0.4) is 0 Å². The Morgan fingerprint density at radius 2 is 1.83 bits per heavy atom. The molecular weight excluding hydrogens is 152 g/mol. The summed E-state index contributed by atoms with van der Waals surface area (Å²) < 4.78 is 5.15. The summed E-state index contributed by atoms with van der Waals surface area (Å²) >= 11 is 0. The van der Waals surface area contributed by atoms with E-state index in [-0.39, 0.29) is 6.10 Å². The molecule has 2 atom stereocenters. The maximum atomic E-state index is 9.34. The van der Waals surface area contributed by atoms with E-state index in [0.717, 1.165) is 5.56 Å². The van der Waals surface area contributed by atoms with Crippen molar-refractivity contribution >= 4 is 0 Å². The molecule has 2 nitrogen and oxygen atoms in total. The summed E-state index contributed by atoms with van der Waals surface area (Å²) in [7, 11) is 1.60. The summed E-state index contributed by atoms with van der Waals surface area (Å²) in [5, 5.41) is 9.34. The second kappa shape index (κ2) is 4.24. The van der Waals surface area contributed by atoms with Crippen LogP contribution in [0.2, 0.25) is 0 Å². The SMILES string of the molecule is CO[C@@H](c1ccccc1)C(C)O. The summed E-state index contributed by atoms with van der Waals surface area (Å²) in [6, 6.07) is 9.70. The molecule has 1 N–H and O–H groups in total. The van der Waals surface area contributed by atoms with Crippen molar-refractivity contribution in [2.45, 2.75) is 19.1 Å². The maximum Gasteiger partial charge on any atom is 0.108 e. The second-order valence-corrected chi connectivity index (χ2v) is 2.81. The fourth-order valence-corrected chi connectivity index (χ4v) is 1.25. The van der Waals surface area contributed by atoms with E-state index in [1.165, 1.54) is 0 Å². The van der Waals surface area contributed by atoms with Gasteiger partial charge >= 0.3 is 0 Å². The Morgan fingerprint density at radius 3 is 2.25 bits per heavy atom. The highest BCUT2D eigenvalue weighted by Crippen LogP contribution is 2.19. The number of hydrogen-bond donors (Lipinski definition) is 1. The quantitative estimate of drug-likeness (QED) is 0.741. The van der Waals surface area contributed by atoms with Crippen molar-refractivity contribution in [3.63, 3.8) is 0 Å². The maximum absolute atomic E-state index is 9.34. The molecule has 0 spiro atoms. The van der Waals surface area contributed by atoms with Gasteiger partial charge in [0, 0.05) is 7.11 Å². The molecule has 0 saturated carbocycles. The first kappa shape index (κ1) is 9.23. The Kier molecular flexibility index (Phi) is 3.26. The zero-order valence-electron chi connectivity index (χ0n) is 7.40. The van der Waals surface area contributed by atoms with E-state index in [9.17, 15) is 5.11 Å². The van der Waals surface area contributed by atoms with Gasteiger partial charge in [-0.05, 0) is 12.5 Å². The van der Waals surface area contributed by atoms with Crippen molar-refractivity contribution in [3.05, 3.63) is 35.9 Å². The van der Waals surface area contributed by atoms with Crippen molar-refractivity contribution in [2.75, 3.05) is 7.11 Å². The molecule has 1 aromatic rings. The molecule has 1 unspecified atom stereocenters. The molecule has 66 valence electrons. The Hall–Kier alpha value is -0.860. The molecule has 0 aromatic heterocycles. The molecule has 0 aliphatic heterocycles. The summed E-state index contributed by atoms with van der Waals surface area (Å²) in [4.78, 5) is 0. The molecule has 0 heterocycles. The van der Waals surface area contributed by atoms with Gasteiger partial charge in [-0.1, -0.05) is 30.3 Å². The fraction of sp³-hybridized carbons (Fsp3) is 0.400. The van der Waals surface area contributed by atoms with Crippen LogP contribution in [0.15, 0.2) is 30.3 Å². The molecule has 1 aromatic carbocycles. The number of aliphatic hydroxyl groups is 1. The lowest BCUT2D eigenvalue weighted by Gasteiger charge is -2.18. The predicted molar refractivity (Wildman–Crippen MR) is 47.9 cm³/mol. The molecule has 0 amide bonds. The lowest BCUT2D eigenvalue weighted by molar-refractivity contribution is -0.00347. The Labute approximate surface area is 72.8 Å². The molecule has 0 saturated heterocycles. The molecule has 0 fully saturated rings. The van der Waals surface area contributed by atoms with Crippen LogP contribution in [0.1, 0.15) is 18.6 Å². The first-order valence-corrected chi connectivity index (χ1v) is 4.01. The first-order valence-electron chi connectivity index (χ1n) is 4.01. The van der Waals surface area contributed by atoms with Crippen molar-refractivity contribution in [1.29, 1.82) is 0 Å². The van der Waals surface area contributed by atoms with Crippen LogP contribution in [-0.2, 0) is 4.74 Å². The average Bonchev–Trinajstić information content (AvgIpc) is 2.07. The molecule has 2 heteroatoms. The minimum atomic E-state index is -0.475. The van der Waals surface area contributed by atoms with Gasteiger partial charge in [-0.3, -0.25) is 0 Å². The van der Waals surface area contributed by atoms with Crippen LogP contribution in [0.25, 0.3) is 0 Å².